The van der Waals surface area contributed by atoms with Gasteiger partial charge >= 0.3 is 11.9 Å². The molecule has 0 aromatic heterocycles. The molecule has 0 bridgehead atoms. The average molecular weight is 320 g/mol. The van der Waals surface area contributed by atoms with Crippen molar-refractivity contribution in [2.24, 2.45) is 5.92 Å². The van der Waals surface area contributed by atoms with Crippen LogP contribution < -0.4 is 10.6 Å². The summed E-state index contributed by atoms with van der Waals surface area (Å²) in [7, 11) is 0. The molecule has 2 unspecified atom stereocenters. The summed E-state index contributed by atoms with van der Waals surface area (Å²) in [6.07, 6.45) is 3.56. The molecule has 2 aliphatic heterocycles. The first-order chi connectivity index (χ1) is 9.58. The van der Waals surface area contributed by atoms with Crippen LogP contribution in [0.5, 0.6) is 0 Å². The van der Waals surface area contributed by atoms with E-state index in [0.29, 0.717) is 19.6 Å². The van der Waals surface area contributed by atoms with Crippen molar-refractivity contribution >= 4 is 30.2 Å². The molecule has 0 aromatic carbocycles. The predicted molar refractivity (Wildman–Crippen MR) is 78.2 cm³/mol. The molecular weight excluding hydrogens is 298 g/mol. The summed E-state index contributed by atoms with van der Waals surface area (Å²) in [5.41, 5.74) is 0. The Balaban J connectivity index is 0.00000220. The van der Waals surface area contributed by atoms with Crippen LogP contribution in [-0.2, 0) is 14.4 Å². The minimum atomic E-state index is -1.41. The molecule has 3 N–H and O–H groups in total. The Morgan fingerprint density at radius 2 is 2.00 bits per heavy atom. The molecule has 120 valence electrons. The Bertz CT molecular complexity index is 399. The lowest BCUT2D eigenvalue weighted by atomic mass is 9.97. The monoisotopic (exact) mass is 319 g/mol. The Morgan fingerprint density at radius 1 is 1.24 bits per heavy atom. The fourth-order valence-electron chi connectivity index (χ4n) is 2.83. The fraction of sp³-hybridized carbons (Fsp3) is 0.769. The number of aliphatic carboxylic acids is 1. The first kappa shape index (κ1) is 17.7. The summed E-state index contributed by atoms with van der Waals surface area (Å²) in [5, 5.41) is 14.7. The van der Waals surface area contributed by atoms with Gasteiger partial charge in [0.05, 0.1) is 6.04 Å². The van der Waals surface area contributed by atoms with Crippen LogP contribution in [0.4, 0.5) is 0 Å². The molecule has 2 fully saturated rings. The third-order valence-corrected chi connectivity index (χ3v) is 3.93. The minimum Gasteiger partial charge on any atom is -0.474 e. The molecule has 21 heavy (non-hydrogen) atoms. The van der Waals surface area contributed by atoms with Crippen LogP contribution >= 0.6 is 12.4 Å². The van der Waals surface area contributed by atoms with Gasteiger partial charge in [0.1, 0.15) is 0 Å². The maximum atomic E-state index is 11.9. The molecule has 0 aliphatic carbocycles. The summed E-state index contributed by atoms with van der Waals surface area (Å²) in [6, 6.07) is -0.102. The van der Waals surface area contributed by atoms with Gasteiger partial charge in [-0.3, -0.25) is 9.59 Å². The van der Waals surface area contributed by atoms with E-state index in [0.717, 1.165) is 32.2 Å². The number of carboxylic acids is 1. The summed E-state index contributed by atoms with van der Waals surface area (Å²) >= 11 is 0. The maximum absolute atomic E-state index is 11.9. The lowest BCUT2D eigenvalue weighted by Crippen LogP contribution is -2.48. The van der Waals surface area contributed by atoms with E-state index < -0.39 is 11.9 Å². The van der Waals surface area contributed by atoms with Crippen LogP contribution in [-0.4, -0.2) is 60.0 Å². The van der Waals surface area contributed by atoms with Crippen LogP contribution in [0.15, 0.2) is 0 Å². The summed E-state index contributed by atoms with van der Waals surface area (Å²) in [5.74, 6) is -2.12. The first-order valence-corrected chi connectivity index (χ1v) is 7.11. The summed E-state index contributed by atoms with van der Waals surface area (Å²) in [6.45, 7) is 2.27. The van der Waals surface area contributed by atoms with Gasteiger partial charge in [-0.15, -0.1) is 12.4 Å². The number of piperidine rings is 1. The van der Waals surface area contributed by atoms with Crippen molar-refractivity contribution in [3.05, 3.63) is 0 Å². The second-order valence-electron chi connectivity index (χ2n) is 5.46. The van der Waals surface area contributed by atoms with E-state index in [9.17, 15) is 14.4 Å². The van der Waals surface area contributed by atoms with E-state index in [1.165, 1.54) is 4.90 Å². The maximum Gasteiger partial charge on any atom is 0.394 e. The molecule has 2 amide bonds. The number of carbonyl (C=O) groups excluding carboxylic acids is 2. The van der Waals surface area contributed by atoms with Crippen molar-refractivity contribution in [1.82, 2.24) is 15.5 Å². The number of nitrogens with zero attached hydrogens (tertiary/aromatic N) is 1. The molecule has 2 aliphatic rings. The number of rotatable bonds is 3. The highest BCUT2D eigenvalue weighted by molar-refractivity contribution is 6.31. The van der Waals surface area contributed by atoms with Crippen LogP contribution in [0.25, 0.3) is 0 Å². The number of carbonyl (C=O) groups is 3. The molecule has 0 radical (unpaired) electrons. The lowest BCUT2D eigenvalue weighted by molar-refractivity contribution is -0.156. The highest BCUT2D eigenvalue weighted by Gasteiger charge is 2.28. The van der Waals surface area contributed by atoms with Gasteiger partial charge in [0.15, 0.2) is 0 Å². The Kier molecular flexibility index (Phi) is 6.91. The molecule has 2 saturated heterocycles. The van der Waals surface area contributed by atoms with Crippen molar-refractivity contribution in [3.63, 3.8) is 0 Å². The largest absolute Gasteiger partial charge is 0.474 e. The van der Waals surface area contributed by atoms with E-state index in [1.807, 2.05) is 0 Å². The molecule has 7 nitrogen and oxygen atoms in total. The van der Waals surface area contributed by atoms with E-state index in [1.54, 1.807) is 0 Å². The molecule has 0 saturated carbocycles. The van der Waals surface area contributed by atoms with E-state index >= 15 is 0 Å². The third-order valence-electron chi connectivity index (χ3n) is 3.93. The van der Waals surface area contributed by atoms with Crippen LogP contribution in [0.2, 0.25) is 0 Å². The van der Waals surface area contributed by atoms with Gasteiger partial charge in [0, 0.05) is 19.6 Å². The molecule has 0 spiro atoms. The molecular formula is C13H22ClN3O4. The molecule has 8 heteroatoms. The zero-order valence-corrected chi connectivity index (χ0v) is 12.7. The smallest absolute Gasteiger partial charge is 0.394 e. The number of likely N-dealkylation sites (tertiary alicyclic amines) is 1. The zero-order chi connectivity index (χ0) is 14.5. The SMILES string of the molecule is Cl.O=C(O)C(=O)N1CCCC(CNC(=O)C2CCCN2)C1. The van der Waals surface area contributed by atoms with E-state index in [2.05, 4.69) is 10.6 Å². The second kappa shape index (κ2) is 8.19. The van der Waals surface area contributed by atoms with E-state index in [4.69, 9.17) is 5.11 Å². The van der Waals surface area contributed by atoms with Gasteiger partial charge in [-0.2, -0.15) is 0 Å². The third kappa shape index (κ3) is 4.86. The number of halogens is 1. The fourth-order valence-corrected chi connectivity index (χ4v) is 2.83. The zero-order valence-electron chi connectivity index (χ0n) is 11.8. The molecule has 2 heterocycles. The first-order valence-electron chi connectivity index (χ1n) is 7.11. The molecule has 2 rings (SSSR count). The number of nitrogens with one attached hydrogen (secondary N) is 2. The minimum absolute atomic E-state index is 0. The Labute approximate surface area is 129 Å². The van der Waals surface area contributed by atoms with Gasteiger partial charge in [-0.05, 0) is 38.1 Å². The van der Waals surface area contributed by atoms with Crippen LogP contribution in [0.1, 0.15) is 25.7 Å². The Morgan fingerprint density at radius 3 is 2.62 bits per heavy atom. The topological polar surface area (TPSA) is 98.7 Å². The van der Waals surface area contributed by atoms with Gasteiger partial charge in [0.2, 0.25) is 5.91 Å². The quantitative estimate of drug-likeness (QED) is 0.615. The highest BCUT2D eigenvalue weighted by atomic mass is 35.5. The summed E-state index contributed by atoms with van der Waals surface area (Å²) in [4.78, 5) is 35.3. The van der Waals surface area contributed by atoms with Crippen molar-refractivity contribution in [1.29, 1.82) is 0 Å². The van der Waals surface area contributed by atoms with Crippen LogP contribution in [0, 0.1) is 5.92 Å². The van der Waals surface area contributed by atoms with Crippen LogP contribution in [0.3, 0.4) is 0 Å². The number of carboxylic acid groups (broad SMARTS) is 1. The van der Waals surface area contributed by atoms with E-state index in [-0.39, 0.29) is 30.3 Å². The molecule has 2 atom stereocenters. The van der Waals surface area contributed by atoms with Crippen molar-refractivity contribution in [2.45, 2.75) is 31.7 Å². The van der Waals surface area contributed by atoms with Gasteiger partial charge in [0.25, 0.3) is 0 Å². The van der Waals surface area contributed by atoms with Crippen molar-refractivity contribution in [2.75, 3.05) is 26.2 Å². The second-order valence-corrected chi connectivity index (χ2v) is 5.46. The van der Waals surface area contributed by atoms with Crippen molar-refractivity contribution < 1.29 is 19.5 Å². The number of hydrogen-bond donors (Lipinski definition) is 3. The van der Waals surface area contributed by atoms with Gasteiger partial charge < -0.3 is 20.6 Å². The number of hydrogen-bond acceptors (Lipinski definition) is 4. The van der Waals surface area contributed by atoms with Crippen molar-refractivity contribution in [3.8, 4) is 0 Å². The predicted octanol–water partition coefficient (Wildman–Crippen LogP) is -0.400. The van der Waals surface area contributed by atoms with Gasteiger partial charge in [-0.1, -0.05) is 0 Å². The lowest BCUT2D eigenvalue weighted by Gasteiger charge is -2.31. The summed E-state index contributed by atoms with van der Waals surface area (Å²) < 4.78 is 0. The number of amides is 2. The standard InChI is InChI=1S/C13H21N3O4.ClH/c17-11(10-4-1-5-14-10)15-7-9-3-2-6-16(8-9)12(18)13(19)20;/h9-10,14H,1-8H2,(H,15,17)(H,19,20);1H. The average Bonchev–Trinajstić information content (AvgIpc) is 2.98. The highest BCUT2D eigenvalue weighted by Crippen LogP contribution is 2.16. The normalized spacial score (nSPS) is 25.0. The molecule has 0 aromatic rings. The Hall–Kier alpha value is -1.34. The van der Waals surface area contributed by atoms with Gasteiger partial charge in [-0.25, -0.2) is 4.79 Å².